The van der Waals surface area contributed by atoms with Gasteiger partial charge in [-0.05, 0) is 54.7 Å². The monoisotopic (exact) mass is 281 g/mol. The number of anilines is 1. The maximum Gasteiger partial charge on any atom is 0.335 e. The van der Waals surface area contributed by atoms with Crippen LogP contribution in [0.5, 0.6) is 0 Å². The van der Waals surface area contributed by atoms with Crippen LogP contribution in [0.1, 0.15) is 33.5 Å². The number of nitrogens with zero attached hydrogens (tertiary/aromatic N) is 1. The van der Waals surface area contributed by atoms with E-state index in [1.807, 2.05) is 12.1 Å². The van der Waals surface area contributed by atoms with Crippen LogP contribution in [0.3, 0.4) is 0 Å². The van der Waals surface area contributed by atoms with Crippen molar-refractivity contribution in [3.63, 3.8) is 0 Å². The zero-order valence-electron chi connectivity index (χ0n) is 12.2. The van der Waals surface area contributed by atoms with Crippen LogP contribution in [0, 0.1) is 6.92 Å². The molecule has 21 heavy (non-hydrogen) atoms. The Hall–Kier alpha value is -2.29. The molecule has 3 rings (SSSR count). The first-order valence-electron chi connectivity index (χ1n) is 7.31. The Morgan fingerprint density at radius 1 is 1.24 bits per heavy atom. The first kappa shape index (κ1) is 13.7. The SMILES string of the molecule is Cc1ccccc1CN1CCCc2cc(C(=O)O)ccc21. The highest BCUT2D eigenvalue weighted by Gasteiger charge is 2.19. The van der Waals surface area contributed by atoms with Crippen molar-refractivity contribution in [3.05, 3.63) is 64.7 Å². The second-order valence-electron chi connectivity index (χ2n) is 5.60. The zero-order chi connectivity index (χ0) is 14.8. The number of carbonyl (C=O) groups is 1. The Bertz CT molecular complexity index is 679. The van der Waals surface area contributed by atoms with Gasteiger partial charge in [0.2, 0.25) is 0 Å². The molecular weight excluding hydrogens is 262 g/mol. The van der Waals surface area contributed by atoms with Gasteiger partial charge in [0.15, 0.2) is 0 Å². The summed E-state index contributed by atoms with van der Waals surface area (Å²) in [7, 11) is 0. The van der Waals surface area contributed by atoms with E-state index in [0.29, 0.717) is 5.56 Å². The van der Waals surface area contributed by atoms with Gasteiger partial charge < -0.3 is 10.0 Å². The highest BCUT2D eigenvalue weighted by Crippen LogP contribution is 2.29. The van der Waals surface area contributed by atoms with Gasteiger partial charge in [-0.25, -0.2) is 4.79 Å². The summed E-state index contributed by atoms with van der Waals surface area (Å²) >= 11 is 0. The van der Waals surface area contributed by atoms with Crippen LogP contribution >= 0.6 is 0 Å². The molecule has 0 unspecified atom stereocenters. The molecule has 0 bridgehead atoms. The molecule has 0 aliphatic carbocycles. The summed E-state index contributed by atoms with van der Waals surface area (Å²) in [5.41, 5.74) is 5.33. The summed E-state index contributed by atoms with van der Waals surface area (Å²) in [6.07, 6.45) is 2.03. The zero-order valence-corrected chi connectivity index (χ0v) is 12.2. The lowest BCUT2D eigenvalue weighted by atomic mass is 9.98. The molecule has 0 spiro atoms. The Morgan fingerprint density at radius 2 is 2.05 bits per heavy atom. The minimum absolute atomic E-state index is 0.381. The quantitative estimate of drug-likeness (QED) is 0.933. The smallest absolute Gasteiger partial charge is 0.335 e. The van der Waals surface area contributed by atoms with E-state index >= 15 is 0 Å². The van der Waals surface area contributed by atoms with Crippen molar-refractivity contribution < 1.29 is 9.90 Å². The van der Waals surface area contributed by atoms with E-state index in [9.17, 15) is 4.79 Å². The van der Waals surface area contributed by atoms with Crippen molar-refractivity contribution in [1.29, 1.82) is 0 Å². The van der Waals surface area contributed by atoms with Crippen LogP contribution in [0.25, 0.3) is 0 Å². The standard InChI is InChI=1S/C18H19NO2/c1-13-5-2-3-6-16(13)12-19-10-4-7-14-11-15(18(20)21)8-9-17(14)19/h2-3,5-6,8-9,11H,4,7,10,12H2,1H3,(H,20,21). The number of benzene rings is 2. The second-order valence-corrected chi connectivity index (χ2v) is 5.60. The van der Waals surface area contributed by atoms with E-state index in [0.717, 1.165) is 31.5 Å². The predicted octanol–water partition coefficient (Wildman–Crippen LogP) is 3.65. The van der Waals surface area contributed by atoms with Gasteiger partial charge in [0.05, 0.1) is 5.56 Å². The third kappa shape index (κ3) is 2.77. The molecule has 0 atom stereocenters. The van der Waals surface area contributed by atoms with Crippen LogP contribution in [-0.2, 0) is 13.0 Å². The van der Waals surface area contributed by atoms with Gasteiger partial charge in [-0.15, -0.1) is 0 Å². The summed E-state index contributed by atoms with van der Waals surface area (Å²) in [4.78, 5) is 13.4. The molecule has 0 fully saturated rings. The van der Waals surface area contributed by atoms with Crippen LogP contribution in [0.15, 0.2) is 42.5 Å². The number of rotatable bonds is 3. The van der Waals surface area contributed by atoms with Crippen molar-refractivity contribution in [2.24, 2.45) is 0 Å². The molecule has 108 valence electrons. The highest BCUT2D eigenvalue weighted by molar-refractivity contribution is 5.88. The third-order valence-electron chi connectivity index (χ3n) is 4.16. The van der Waals surface area contributed by atoms with Crippen molar-refractivity contribution >= 4 is 11.7 Å². The first-order chi connectivity index (χ1) is 10.1. The number of carboxylic acids is 1. The molecule has 0 saturated heterocycles. The average molecular weight is 281 g/mol. The minimum atomic E-state index is -0.853. The normalized spacial score (nSPS) is 13.9. The van der Waals surface area contributed by atoms with E-state index in [1.54, 1.807) is 6.07 Å². The lowest BCUT2D eigenvalue weighted by Crippen LogP contribution is -2.29. The first-order valence-corrected chi connectivity index (χ1v) is 7.31. The fourth-order valence-corrected chi connectivity index (χ4v) is 2.97. The van der Waals surface area contributed by atoms with Crippen molar-refractivity contribution in [3.8, 4) is 0 Å². The van der Waals surface area contributed by atoms with Gasteiger partial charge in [0, 0.05) is 18.8 Å². The largest absolute Gasteiger partial charge is 0.478 e. The molecule has 0 saturated carbocycles. The van der Waals surface area contributed by atoms with E-state index < -0.39 is 5.97 Å². The molecule has 2 aromatic rings. The predicted molar refractivity (Wildman–Crippen MR) is 84.0 cm³/mol. The van der Waals surface area contributed by atoms with Crippen molar-refractivity contribution in [1.82, 2.24) is 0 Å². The summed E-state index contributed by atoms with van der Waals surface area (Å²) in [6.45, 7) is 4.04. The Kier molecular flexibility index (Phi) is 3.65. The molecule has 3 heteroatoms. The molecule has 0 aromatic heterocycles. The van der Waals surface area contributed by atoms with Gasteiger partial charge in [-0.1, -0.05) is 24.3 Å². The maximum atomic E-state index is 11.1. The van der Waals surface area contributed by atoms with Crippen LogP contribution in [-0.4, -0.2) is 17.6 Å². The summed E-state index contributed by atoms with van der Waals surface area (Å²) in [6, 6.07) is 13.9. The maximum absolute atomic E-state index is 11.1. The van der Waals surface area contributed by atoms with E-state index in [2.05, 4.69) is 36.1 Å². The van der Waals surface area contributed by atoms with Crippen molar-refractivity contribution in [2.45, 2.75) is 26.3 Å². The third-order valence-corrected chi connectivity index (χ3v) is 4.16. The molecule has 3 nitrogen and oxygen atoms in total. The highest BCUT2D eigenvalue weighted by atomic mass is 16.4. The molecule has 1 heterocycles. The molecule has 1 aliphatic rings. The van der Waals surface area contributed by atoms with Crippen LogP contribution < -0.4 is 4.90 Å². The lowest BCUT2D eigenvalue weighted by Gasteiger charge is -2.32. The Balaban J connectivity index is 1.90. The van der Waals surface area contributed by atoms with Crippen LogP contribution in [0.2, 0.25) is 0 Å². The number of hydrogen-bond acceptors (Lipinski definition) is 2. The Labute approximate surface area is 124 Å². The molecule has 2 aromatic carbocycles. The fourth-order valence-electron chi connectivity index (χ4n) is 2.97. The van der Waals surface area contributed by atoms with Gasteiger partial charge in [0.25, 0.3) is 0 Å². The van der Waals surface area contributed by atoms with E-state index in [4.69, 9.17) is 5.11 Å². The lowest BCUT2D eigenvalue weighted by molar-refractivity contribution is 0.0697. The topological polar surface area (TPSA) is 40.5 Å². The molecular formula is C18H19NO2. The summed E-state index contributed by atoms with van der Waals surface area (Å²) in [5.74, 6) is -0.853. The number of aryl methyl sites for hydroxylation is 2. The van der Waals surface area contributed by atoms with Crippen molar-refractivity contribution in [2.75, 3.05) is 11.4 Å². The molecule has 1 N–H and O–H groups in total. The van der Waals surface area contributed by atoms with Gasteiger partial charge >= 0.3 is 5.97 Å². The van der Waals surface area contributed by atoms with Gasteiger partial charge in [-0.3, -0.25) is 0 Å². The van der Waals surface area contributed by atoms with E-state index in [1.165, 1.54) is 16.8 Å². The van der Waals surface area contributed by atoms with Crippen LogP contribution in [0.4, 0.5) is 5.69 Å². The number of carboxylic acid groups (broad SMARTS) is 1. The number of fused-ring (bicyclic) bond motifs is 1. The minimum Gasteiger partial charge on any atom is -0.478 e. The molecule has 0 amide bonds. The number of aromatic carboxylic acids is 1. The number of hydrogen-bond donors (Lipinski definition) is 1. The Morgan fingerprint density at radius 3 is 2.81 bits per heavy atom. The second kappa shape index (κ2) is 5.60. The fraction of sp³-hybridized carbons (Fsp3) is 0.278. The molecule has 1 aliphatic heterocycles. The van der Waals surface area contributed by atoms with E-state index in [-0.39, 0.29) is 0 Å². The molecule has 0 radical (unpaired) electrons. The summed E-state index contributed by atoms with van der Waals surface area (Å²) in [5, 5.41) is 9.11. The van der Waals surface area contributed by atoms with Gasteiger partial charge in [-0.2, -0.15) is 0 Å². The summed E-state index contributed by atoms with van der Waals surface area (Å²) < 4.78 is 0. The average Bonchev–Trinajstić information content (AvgIpc) is 2.49. The van der Waals surface area contributed by atoms with Gasteiger partial charge in [0.1, 0.15) is 0 Å².